The van der Waals surface area contributed by atoms with Gasteiger partial charge in [0.2, 0.25) is 0 Å². The zero-order valence-electron chi connectivity index (χ0n) is 10.4. The highest BCUT2D eigenvalue weighted by atomic mass is 16.4. The fraction of sp³-hybridized carbons (Fsp3) is 0.615. The molecule has 0 spiro atoms. The quantitative estimate of drug-likeness (QED) is 0.582. The monoisotopic (exact) mass is 221 g/mol. The molecule has 1 N–H and O–H groups in total. The Hall–Kier alpha value is -1.25. The lowest BCUT2D eigenvalue weighted by atomic mass is 9.76. The van der Waals surface area contributed by atoms with Crippen molar-refractivity contribution in [3.05, 3.63) is 23.2 Å². The van der Waals surface area contributed by atoms with Gasteiger partial charge in [-0.25, -0.2) is 0 Å². The number of nitrogens with zero attached hydrogens (tertiary/aromatic N) is 1. The summed E-state index contributed by atoms with van der Waals surface area (Å²) in [6.07, 6.45) is 1.71. The van der Waals surface area contributed by atoms with Crippen LogP contribution in [-0.2, 0) is 6.42 Å². The molecule has 88 valence electrons. The molecule has 0 aliphatic heterocycles. The van der Waals surface area contributed by atoms with E-state index in [-0.39, 0.29) is 5.41 Å². The van der Waals surface area contributed by atoms with E-state index in [1.54, 1.807) is 0 Å². The lowest BCUT2D eigenvalue weighted by Crippen LogP contribution is -2.26. The van der Waals surface area contributed by atoms with Gasteiger partial charge in [-0.3, -0.25) is 0 Å². The molecule has 0 atom stereocenters. The Labute approximate surface area is 96.1 Å². The van der Waals surface area contributed by atoms with Gasteiger partial charge in [0.25, 0.3) is 0 Å². The van der Waals surface area contributed by atoms with Gasteiger partial charge >= 0.3 is 0 Å². The predicted molar refractivity (Wildman–Crippen MR) is 63.2 cm³/mol. The van der Waals surface area contributed by atoms with Crippen molar-refractivity contribution < 1.29 is 9.62 Å². The van der Waals surface area contributed by atoms with E-state index in [1.807, 2.05) is 6.07 Å². The third-order valence-corrected chi connectivity index (χ3v) is 3.11. The summed E-state index contributed by atoms with van der Waals surface area (Å²) in [5, 5.41) is 12.5. The summed E-state index contributed by atoms with van der Waals surface area (Å²) < 4.78 is 5.84. The predicted octanol–water partition coefficient (Wildman–Crippen LogP) is 3.55. The van der Waals surface area contributed by atoms with Crippen molar-refractivity contribution >= 4 is 5.71 Å². The molecule has 0 radical (unpaired) electrons. The van der Waals surface area contributed by atoms with Gasteiger partial charge in [-0.2, -0.15) is 0 Å². The van der Waals surface area contributed by atoms with Crippen molar-refractivity contribution in [1.29, 1.82) is 0 Å². The average molecular weight is 221 g/mol. The highest BCUT2D eigenvalue weighted by Gasteiger charge is 2.33. The average Bonchev–Trinajstić information content (AvgIpc) is 2.58. The summed E-state index contributed by atoms with van der Waals surface area (Å²) in [4.78, 5) is 0. The molecule has 0 saturated carbocycles. The third kappa shape index (κ3) is 1.86. The molecular formula is C13H19NO2. The maximum Gasteiger partial charge on any atom is 0.113 e. The van der Waals surface area contributed by atoms with Gasteiger partial charge in [-0.05, 0) is 17.9 Å². The van der Waals surface area contributed by atoms with Crippen LogP contribution in [0.1, 0.15) is 57.1 Å². The highest BCUT2D eigenvalue weighted by Crippen LogP contribution is 2.37. The van der Waals surface area contributed by atoms with Crippen LogP contribution in [0.4, 0.5) is 0 Å². The van der Waals surface area contributed by atoms with Crippen LogP contribution in [0.25, 0.3) is 0 Å². The number of oxime groups is 1. The highest BCUT2D eigenvalue weighted by molar-refractivity contribution is 6.02. The summed E-state index contributed by atoms with van der Waals surface area (Å²) in [5.41, 5.74) is 1.85. The smallest absolute Gasteiger partial charge is 0.113 e. The van der Waals surface area contributed by atoms with E-state index >= 15 is 0 Å². The summed E-state index contributed by atoms with van der Waals surface area (Å²) in [7, 11) is 0. The van der Waals surface area contributed by atoms with Crippen molar-refractivity contribution in [2.45, 2.75) is 46.5 Å². The minimum absolute atomic E-state index is 0.112. The van der Waals surface area contributed by atoms with E-state index in [9.17, 15) is 0 Å². The Kier molecular flexibility index (Phi) is 2.56. The molecule has 1 heterocycles. The second kappa shape index (κ2) is 3.65. The van der Waals surface area contributed by atoms with Crippen molar-refractivity contribution in [3.8, 4) is 0 Å². The molecule has 1 aromatic heterocycles. The first-order valence-corrected chi connectivity index (χ1v) is 5.77. The van der Waals surface area contributed by atoms with Gasteiger partial charge in [0.05, 0.1) is 5.71 Å². The molecule has 1 aliphatic rings. The van der Waals surface area contributed by atoms with Gasteiger partial charge in [0.15, 0.2) is 0 Å². The minimum atomic E-state index is 0.112. The first-order chi connectivity index (χ1) is 7.43. The van der Waals surface area contributed by atoms with Crippen LogP contribution < -0.4 is 0 Å². The van der Waals surface area contributed by atoms with Crippen molar-refractivity contribution in [2.75, 3.05) is 0 Å². The van der Waals surface area contributed by atoms with Crippen LogP contribution >= 0.6 is 0 Å². The van der Waals surface area contributed by atoms with E-state index in [4.69, 9.17) is 9.62 Å². The van der Waals surface area contributed by atoms with Crippen LogP contribution in [0, 0.1) is 5.41 Å². The van der Waals surface area contributed by atoms with E-state index in [0.717, 1.165) is 35.6 Å². The van der Waals surface area contributed by atoms with E-state index in [1.165, 1.54) is 0 Å². The van der Waals surface area contributed by atoms with Crippen LogP contribution in [0.3, 0.4) is 0 Å². The van der Waals surface area contributed by atoms with Crippen LogP contribution in [0.2, 0.25) is 0 Å². The fourth-order valence-electron chi connectivity index (χ4n) is 2.24. The van der Waals surface area contributed by atoms with Gasteiger partial charge < -0.3 is 9.62 Å². The Balaban J connectivity index is 2.47. The normalized spacial score (nSPS) is 21.4. The number of hydrogen-bond acceptors (Lipinski definition) is 3. The second-order valence-electron chi connectivity index (χ2n) is 5.70. The summed E-state index contributed by atoms with van der Waals surface area (Å²) in [5.74, 6) is 2.31. The van der Waals surface area contributed by atoms with Gasteiger partial charge in [0, 0.05) is 17.9 Å². The maximum absolute atomic E-state index is 9.06. The first-order valence-electron chi connectivity index (χ1n) is 5.77. The lowest BCUT2D eigenvalue weighted by molar-refractivity contribution is 0.295. The molecule has 2 rings (SSSR count). The topological polar surface area (TPSA) is 45.7 Å². The van der Waals surface area contributed by atoms with Crippen molar-refractivity contribution in [2.24, 2.45) is 10.6 Å². The molecule has 3 nitrogen and oxygen atoms in total. The maximum atomic E-state index is 9.06. The van der Waals surface area contributed by atoms with Crippen LogP contribution in [-0.4, -0.2) is 10.9 Å². The Bertz CT molecular complexity index is 427. The number of fused-ring (bicyclic) bond motifs is 1. The molecule has 1 aromatic rings. The molecule has 0 saturated heterocycles. The molecule has 1 aliphatic carbocycles. The summed E-state index contributed by atoms with van der Waals surface area (Å²) in [6.45, 7) is 8.54. The van der Waals surface area contributed by atoms with Crippen LogP contribution in [0.5, 0.6) is 0 Å². The number of hydrogen-bond donors (Lipinski definition) is 1. The van der Waals surface area contributed by atoms with E-state index in [0.29, 0.717) is 5.92 Å². The van der Waals surface area contributed by atoms with Gasteiger partial charge in [-0.1, -0.05) is 32.9 Å². The zero-order chi connectivity index (χ0) is 11.9. The van der Waals surface area contributed by atoms with E-state index in [2.05, 4.69) is 32.9 Å². The largest absolute Gasteiger partial charge is 0.465 e. The first kappa shape index (κ1) is 11.2. The Morgan fingerprint density at radius 2 is 2.06 bits per heavy atom. The van der Waals surface area contributed by atoms with Gasteiger partial charge in [-0.15, -0.1) is 0 Å². The number of furan rings is 1. The standard InChI is InChI=1S/C13H19NO2/c1-8(2)11-5-9-10(14-15)6-13(3,4)7-12(9)16-11/h5,8,15H,6-7H2,1-4H3/b14-10-. The Morgan fingerprint density at radius 3 is 2.62 bits per heavy atom. The number of rotatable bonds is 1. The van der Waals surface area contributed by atoms with Crippen molar-refractivity contribution in [1.82, 2.24) is 0 Å². The SMILES string of the molecule is CC(C)c1cc2c(o1)CC(C)(C)C/C2=N/O. The molecule has 0 bridgehead atoms. The van der Waals surface area contributed by atoms with Crippen molar-refractivity contribution in [3.63, 3.8) is 0 Å². The summed E-state index contributed by atoms with van der Waals surface area (Å²) in [6, 6.07) is 2.02. The third-order valence-electron chi connectivity index (χ3n) is 3.11. The molecule has 3 heteroatoms. The zero-order valence-corrected chi connectivity index (χ0v) is 10.4. The Morgan fingerprint density at radius 1 is 1.38 bits per heavy atom. The van der Waals surface area contributed by atoms with Crippen LogP contribution in [0.15, 0.2) is 15.6 Å². The molecular weight excluding hydrogens is 202 g/mol. The van der Waals surface area contributed by atoms with E-state index < -0.39 is 0 Å². The minimum Gasteiger partial charge on any atom is -0.465 e. The van der Waals surface area contributed by atoms with Gasteiger partial charge in [0.1, 0.15) is 11.5 Å². The summed E-state index contributed by atoms with van der Waals surface area (Å²) >= 11 is 0. The molecule has 0 fully saturated rings. The molecule has 0 amide bonds. The fourth-order valence-corrected chi connectivity index (χ4v) is 2.24. The second-order valence-corrected chi connectivity index (χ2v) is 5.70. The lowest BCUT2D eigenvalue weighted by Gasteiger charge is -2.28. The molecule has 0 unspecified atom stereocenters. The molecule has 0 aromatic carbocycles. The molecule has 16 heavy (non-hydrogen) atoms.